The van der Waals surface area contributed by atoms with E-state index in [2.05, 4.69) is 0 Å². The molecule has 0 fully saturated rings. The quantitative estimate of drug-likeness (QED) is 0.877. The van der Waals surface area contributed by atoms with Gasteiger partial charge in [-0.2, -0.15) is 13.2 Å². The van der Waals surface area contributed by atoms with Crippen LogP contribution in [0.15, 0.2) is 42.5 Å². The first-order valence-electron chi connectivity index (χ1n) is 7.26. The van der Waals surface area contributed by atoms with Crippen molar-refractivity contribution >= 4 is 5.97 Å². The SMILES string of the molecule is COc1ccc(C(Cc2ccc(C(F)(F)F)cc2)C(=O)O)c(C)c1. The number of rotatable bonds is 5. The molecule has 2 rings (SSSR count). The van der Waals surface area contributed by atoms with Gasteiger partial charge in [0.15, 0.2) is 0 Å². The van der Waals surface area contributed by atoms with Crippen LogP contribution >= 0.6 is 0 Å². The lowest BCUT2D eigenvalue weighted by atomic mass is 9.89. The molecule has 0 spiro atoms. The number of methoxy groups -OCH3 is 1. The van der Waals surface area contributed by atoms with Crippen LogP contribution in [-0.4, -0.2) is 18.2 Å². The van der Waals surface area contributed by atoms with Gasteiger partial charge in [-0.15, -0.1) is 0 Å². The second-order valence-electron chi connectivity index (χ2n) is 5.51. The van der Waals surface area contributed by atoms with Crippen molar-refractivity contribution in [3.63, 3.8) is 0 Å². The lowest BCUT2D eigenvalue weighted by Crippen LogP contribution is -2.16. The molecule has 1 atom stereocenters. The van der Waals surface area contributed by atoms with Gasteiger partial charge in [-0.1, -0.05) is 18.2 Å². The van der Waals surface area contributed by atoms with Gasteiger partial charge in [0.25, 0.3) is 0 Å². The van der Waals surface area contributed by atoms with Crippen molar-refractivity contribution in [3.8, 4) is 5.75 Å². The van der Waals surface area contributed by atoms with Crippen LogP contribution in [0.5, 0.6) is 5.75 Å². The Labute approximate surface area is 137 Å². The third-order valence-corrected chi connectivity index (χ3v) is 3.87. The smallest absolute Gasteiger partial charge is 0.416 e. The first-order chi connectivity index (χ1) is 11.2. The van der Waals surface area contributed by atoms with Crippen LogP contribution in [0.4, 0.5) is 13.2 Å². The minimum Gasteiger partial charge on any atom is -0.497 e. The molecule has 128 valence electrons. The zero-order valence-electron chi connectivity index (χ0n) is 13.2. The molecule has 0 bridgehead atoms. The number of alkyl halides is 3. The van der Waals surface area contributed by atoms with Gasteiger partial charge >= 0.3 is 12.1 Å². The predicted octanol–water partition coefficient (Wildman–Crippen LogP) is 4.43. The van der Waals surface area contributed by atoms with Crippen LogP contribution in [0, 0.1) is 6.92 Å². The second-order valence-corrected chi connectivity index (χ2v) is 5.51. The number of aryl methyl sites for hydroxylation is 1. The highest BCUT2D eigenvalue weighted by Gasteiger charge is 2.30. The number of ether oxygens (including phenoxy) is 1. The van der Waals surface area contributed by atoms with E-state index in [0.717, 1.165) is 17.7 Å². The van der Waals surface area contributed by atoms with Gasteiger partial charge in [0, 0.05) is 0 Å². The van der Waals surface area contributed by atoms with E-state index in [1.165, 1.54) is 19.2 Å². The lowest BCUT2D eigenvalue weighted by Gasteiger charge is -2.17. The predicted molar refractivity (Wildman–Crippen MR) is 83.3 cm³/mol. The summed E-state index contributed by atoms with van der Waals surface area (Å²) in [5.74, 6) is -1.24. The highest BCUT2D eigenvalue weighted by atomic mass is 19.4. The number of hydrogen-bond acceptors (Lipinski definition) is 2. The molecule has 3 nitrogen and oxygen atoms in total. The third kappa shape index (κ3) is 4.07. The van der Waals surface area contributed by atoms with Crippen molar-refractivity contribution in [1.82, 2.24) is 0 Å². The maximum atomic E-state index is 12.6. The van der Waals surface area contributed by atoms with E-state index < -0.39 is 23.6 Å². The normalized spacial score (nSPS) is 12.7. The first kappa shape index (κ1) is 17.8. The van der Waals surface area contributed by atoms with Crippen molar-refractivity contribution in [2.45, 2.75) is 25.4 Å². The van der Waals surface area contributed by atoms with E-state index in [1.54, 1.807) is 25.1 Å². The van der Waals surface area contributed by atoms with E-state index in [0.29, 0.717) is 16.9 Å². The van der Waals surface area contributed by atoms with Crippen LogP contribution < -0.4 is 4.74 Å². The Morgan fingerprint density at radius 1 is 1.17 bits per heavy atom. The fraction of sp³-hybridized carbons (Fsp3) is 0.278. The summed E-state index contributed by atoms with van der Waals surface area (Å²) < 4.78 is 42.9. The van der Waals surface area contributed by atoms with Crippen LogP contribution in [0.1, 0.15) is 28.2 Å². The highest BCUT2D eigenvalue weighted by molar-refractivity contribution is 5.77. The van der Waals surface area contributed by atoms with E-state index in [-0.39, 0.29) is 6.42 Å². The van der Waals surface area contributed by atoms with Crippen molar-refractivity contribution in [1.29, 1.82) is 0 Å². The second kappa shape index (κ2) is 6.95. The average molecular weight is 338 g/mol. The summed E-state index contributed by atoms with van der Waals surface area (Å²) >= 11 is 0. The lowest BCUT2D eigenvalue weighted by molar-refractivity contribution is -0.139. The Morgan fingerprint density at radius 2 is 1.79 bits per heavy atom. The van der Waals surface area contributed by atoms with E-state index >= 15 is 0 Å². The van der Waals surface area contributed by atoms with E-state index in [9.17, 15) is 23.1 Å². The molecule has 0 saturated carbocycles. The standard InChI is InChI=1S/C18H17F3O3/c1-11-9-14(24-2)7-8-15(11)16(17(22)23)10-12-3-5-13(6-4-12)18(19,20)21/h3-9,16H,10H2,1-2H3,(H,22,23). The van der Waals surface area contributed by atoms with Gasteiger partial charge in [-0.05, 0) is 54.3 Å². The maximum Gasteiger partial charge on any atom is 0.416 e. The molecule has 0 aliphatic heterocycles. The molecule has 0 aromatic heterocycles. The summed E-state index contributed by atoms with van der Waals surface area (Å²) in [5.41, 5.74) is 1.15. The molecule has 1 N–H and O–H groups in total. The van der Waals surface area contributed by atoms with Crippen LogP contribution in [0.3, 0.4) is 0 Å². The molecule has 0 radical (unpaired) electrons. The van der Waals surface area contributed by atoms with Gasteiger partial charge in [-0.25, -0.2) is 0 Å². The van der Waals surface area contributed by atoms with Gasteiger partial charge in [0.2, 0.25) is 0 Å². The highest BCUT2D eigenvalue weighted by Crippen LogP contribution is 2.31. The zero-order chi connectivity index (χ0) is 17.9. The fourth-order valence-electron chi connectivity index (χ4n) is 2.56. The molecule has 1 unspecified atom stereocenters. The van der Waals surface area contributed by atoms with Crippen molar-refractivity contribution in [3.05, 3.63) is 64.7 Å². The van der Waals surface area contributed by atoms with Crippen molar-refractivity contribution < 1.29 is 27.8 Å². The number of carboxylic acids is 1. The molecule has 2 aromatic rings. The molecule has 0 saturated heterocycles. The molecule has 24 heavy (non-hydrogen) atoms. The Hall–Kier alpha value is -2.50. The zero-order valence-corrected chi connectivity index (χ0v) is 13.2. The van der Waals surface area contributed by atoms with Gasteiger partial charge in [0.05, 0.1) is 18.6 Å². The summed E-state index contributed by atoms with van der Waals surface area (Å²) in [4.78, 5) is 11.6. The van der Waals surface area contributed by atoms with Crippen LogP contribution in [-0.2, 0) is 17.4 Å². The van der Waals surface area contributed by atoms with E-state index in [1.807, 2.05) is 0 Å². The van der Waals surface area contributed by atoms with Gasteiger partial charge in [0.1, 0.15) is 5.75 Å². The Balaban J connectivity index is 2.28. The Bertz CT molecular complexity index is 721. The summed E-state index contributed by atoms with van der Waals surface area (Å²) in [7, 11) is 1.52. The summed E-state index contributed by atoms with van der Waals surface area (Å²) in [5, 5.41) is 9.51. The fourth-order valence-corrected chi connectivity index (χ4v) is 2.56. The third-order valence-electron chi connectivity index (χ3n) is 3.87. The molecule has 2 aromatic carbocycles. The number of aliphatic carboxylic acids is 1. The maximum absolute atomic E-state index is 12.6. The number of carbonyl (C=O) groups is 1. The average Bonchev–Trinajstić information content (AvgIpc) is 2.52. The molecule has 0 amide bonds. The van der Waals surface area contributed by atoms with Crippen LogP contribution in [0.25, 0.3) is 0 Å². The minimum absolute atomic E-state index is 0.112. The monoisotopic (exact) mass is 338 g/mol. The molecule has 0 aliphatic rings. The van der Waals surface area contributed by atoms with Crippen molar-refractivity contribution in [2.75, 3.05) is 7.11 Å². The largest absolute Gasteiger partial charge is 0.497 e. The van der Waals surface area contributed by atoms with Gasteiger partial charge in [-0.3, -0.25) is 4.79 Å². The minimum atomic E-state index is -4.41. The molecule has 6 heteroatoms. The van der Waals surface area contributed by atoms with Gasteiger partial charge < -0.3 is 9.84 Å². The number of hydrogen-bond donors (Lipinski definition) is 1. The summed E-state index contributed by atoms with van der Waals surface area (Å²) in [6.07, 6.45) is -4.29. The number of benzene rings is 2. The topological polar surface area (TPSA) is 46.5 Å². The van der Waals surface area contributed by atoms with Crippen molar-refractivity contribution in [2.24, 2.45) is 0 Å². The van der Waals surface area contributed by atoms with Crippen LogP contribution in [0.2, 0.25) is 0 Å². The molecular formula is C18H17F3O3. The first-order valence-corrected chi connectivity index (χ1v) is 7.26. The summed E-state index contributed by atoms with van der Waals surface area (Å²) in [6.45, 7) is 1.78. The molecule has 0 heterocycles. The number of carboxylic acid groups (broad SMARTS) is 1. The van der Waals surface area contributed by atoms with E-state index in [4.69, 9.17) is 4.74 Å². The summed E-state index contributed by atoms with van der Waals surface area (Å²) in [6, 6.07) is 9.65. The number of halogens is 3. The molecule has 0 aliphatic carbocycles. The molecular weight excluding hydrogens is 321 g/mol. The Kier molecular flexibility index (Phi) is 5.17. The Morgan fingerprint density at radius 3 is 2.25 bits per heavy atom.